The fourth-order valence-corrected chi connectivity index (χ4v) is 2.84. The second-order valence-corrected chi connectivity index (χ2v) is 6.54. The summed E-state index contributed by atoms with van der Waals surface area (Å²) in [5.74, 6) is 1.62. The number of hydrogen-bond acceptors (Lipinski definition) is 3. The van der Waals surface area contributed by atoms with Crippen LogP contribution in [-0.2, 0) is 6.54 Å². The topological polar surface area (TPSA) is 58.5 Å². The predicted molar refractivity (Wildman–Crippen MR) is 127 cm³/mol. The number of fused-ring (bicyclic) bond motifs is 1. The van der Waals surface area contributed by atoms with E-state index in [-0.39, 0.29) is 30.1 Å². The van der Waals surface area contributed by atoms with Crippen molar-refractivity contribution in [2.75, 3.05) is 13.6 Å². The number of aryl methyl sites for hydroxylation is 1. The van der Waals surface area contributed by atoms with Crippen molar-refractivity contribution in [1.82, 2.24) is 15.6 Å². The van der Waals surface area contributed by atoms with Gasteiger partial charge in [-0.2, -0.15) is 0 Å². The van der Waals surface area contributed by atoms with Gasteiger partial charge in [-0.1, -0.05) is 35.9 Å². The molecule has 0 aliphatic rings. The van der Waals surface area contributed by atoms with E-state index in [0.29, 0.717) is 13.1 Å². The number of para-hydroxylation sites is 1. The van der Waals surface area contributed by atoms with Gasteiger partial charge in [-0.25, -0.2) is 0 Å². The Labute approximate surface area is 183 Å². The molecule has 0 fully saturated rings. The summed E-state index contributed by atoms with van der Waals surface area (Å²) in [4.78, 5) is 8.70. The molecule has 0 radical (unpaired) electrons. The van der Waals surface area contributed by atoms with Gasteiger partial charge in [0.15, 0.2) is 5.96 Å². The van der Waals surface area contributed by atoms with Crippen LogP contribution in [0.25, 0.3) is 10.9 Å². The SMILES string of the molecule is CN=C(NCc1ccnc2ccccc12)NCC(C)Oc1ccc(C)cc1.I. The number of guanidine groups is 1. The molecular formula is C22H27IN4O. The molecule has 3 rings (SSSR count). The van der Waals surface area contributed by atoms with E-state index in [1.165, 1.54) is 11.1 Å². The van der Waals surface area contributed by atoms with Gasteiger partial charge in [0.05, 0.1) is 12.1 Å². The number of benzene rings is 2. The maximum atomic E-state index is 5.93. The van der Waals surface area contributed by atoms with Gasteiger partial charge in [0.25, 0.3) is 0 Å². The summed E-state index contributed by atoms with van der Waals surface area (Å²) in [5, 5.41) is 7.83. The van der Waals surface area contributed by atoms with Gasteiger partial charge in [0.1, 0.15) is 11.9 Å². The van der Waals surface area contributed by atoms with Crippen LogP contribution in [0.1, 0.15) is 18.1 Å². The summed E-state index contributed by atoms with van der Waals surface area (Å²) in [6, 6.07) is 18.3. The van der Waals surface area contributed by atoms with E-state index in [1.54, 1.807) is 7.05 Å². The molecule has 6 heteroatoms. The van der Waals surface area contributed by atoms with Crippen LogP contribution in [0, 0.1) is 6.92 Å². The predicted octanol–water partition coefficient (Wildman–Crippen LogP) is 4.29. The second kappa shape index (κ2) is 10.8. The number of nitrogens with zero attached hydrogens (tertiary/aromatic N) is 2. The molecule has 1 unspecified atom stereocenters. The summed E-state index contributed by atoms with van der Waals surface area (Å²) in [5.41, 5.74) is 3.41. The van der Waals surface area contributed by atoms with Gasteiger partial charge < -0.3 is 15.4 Å². The lowest BCUT2D eigenvalue weighted by molar-refractivity contribution is 0.224. The quantitative estimate of drug-likeness (QED) is 0.308. The fourth-order valence-electron chi connectivity index (χ4n) is 2.84. The lowest BCUT2D eigenvalue weighted by atomic mass is 10.1. The summed E-state index contributed by atoms with van der Waals surface area (Å²) in [6.45, 7) is 5.44. The van der Waals surface area contributed by atoms with Crippen molar-refractivity contribution in [1.29, 1.82) is 0 Å². The molecule has 1 atom stereocenters. The smallest absolute Gasteiger partial charge is 0.191 e. The molecule has 0 saturated carbocycles. The minimum Gasteiger partial charge on any atom is -0.489 e. The third kappa shape index (κ3) is 6.09. The number of aromatic nitrogens is 1. The maximum Gasteiger partial charge on any atom is 0.191 e. The van der Waals surface area contributed by atoms with Crippen LogP contribution in [-0.4, -0.2) is 30.6 Å². The minimum atomic E-state index is 0. The van der Waals surface area contributed by atoms with Crippen LogP contribution in [0.15, 0.2) is 65.8 Å². The number of nitrogens with one attached hydrogen (secondary N) is 2. The first-order valence-corrected chi connectivity index (χ1v) is 9.16. The highest BCUT2D eigenvalue weighted by atomic mass is 127. The molecular weight excluding hydrogens is 463 g/mol. The monoisotopic (exact) mass is 490 g/mol. The van der Waals surface area contributed by atoms with Crippen molar-refractivity contribution in [2.24, 2.45) is 4.99 Å². The highest BCUT2D eigenvalue weighted by Gasteiger charge is 2.07. The molecule has 3 aromatic rings. The molecule has 1 heterocycles. The minimum absolute atomic E-state index is 0. The normalized spacial score (nSPS) is 12.2. The Morgan fingerprint density at radius 1 is 1.07 bits per heavy atom. The Hall–Kier alpha value is -2.35. The van der Waals surface area contributed by atoms with E-state index in [2.05, 4.69) is 45.7 Å². The van der Waals surface area contributed by atoms with E-state index in [4.69, 9.17) is 4.74 Å². The van der Waals surface area contributed by atoms with Crippen LogP contribution in [0.3, 0.4) is 0 Å². The first kappa shape index (κ1) is 21.9. The van der Waals surface area contributed by atoms with Crippen molar-refractivity contribution >= 4 is 40.8 Å². The third-order valence-corrected chi connectivity index (χ3v) is 4.32. The van der Waals surface area contributed by atoms with Crippen molar-refractivity contribution in [3.05, 3.63) is 71.9 Å². The van der Waals surface area contributed by atoms with Crippen LogP contribution in [0.4, 0.5) is 0 Å². The van der Waals surface area contributed by atoms with Gasteiger partial charge in [0, 0.05) is 25.2 Å². The average Bonchev–Trinajstić information content (AvgIpc) is 2.70. The van der Waals surface area contributed by atoms with Crippen LogP contribution in [0.5, 0.6) is 5.75 Å². The zero-order chi connectivity index (χ0) is 19.1. The Kier molecular flexibility index (Phi) is 8.50. The van der Waals surface area contributed by atoms with Crippen molar-refractivity contribution in [3.8, 4) is 5.75 Å². The molecule has 0 spiro atoms. The summed E-state index contributed by atoms with van der Waals surface area (Å²) in [7, 11) is 1.77. The number of rotatable bonds is 6. The van der Waals surface area contributed by atoms with E-state index >= 15 is 0 Å². The zero-order valence-electron chi connectivity index (χ0n) is 16.5. The number of hydrogen-bond donors (Lipinski definition) is 2. The Bertz CT molecular complexity index is 907. The Morgan fingerprint density at radius 2 is 1.82 bits per heavy atom. The third-order valence-electron chi connectivity index (χ3n) is 4.32. The maximum absolute atomic E-state index is 5.93. The molecule has 0 bridgehead atoms. The first-order chi connectivity index (χ1) is 13.2. The molecule has 0 amide bonds. The van der Waals surface area contributed by atoms with E-state index in [1.807, 2.05) is 49.5 Å². The van der Waals surface area contributed by atoms with E-state index in [9.17, 15) is 0 Å². The Balaban J connectivity index is 0.00000280. The first-order valence-electron chi connectivity index (χ1n) is 9.16. The molecule has 0 saturated heterocycles. The molecule has 2 aromatic carbocycles. The lowest BCUT2D eigenvalue weighted by Crippen LogP contribution is -2.41. The van der Waals surface area contributed by atoms with E-state index in [0.717, 1.165) is 22.6 Å². The molecule has 1 aromatic heterocycles. The summed E-state index contributed by atoms with van der Waals surface area (Å²) in [6.07, 6.45) is 1.86. The van der Waals surface area contributed by atoms with Gasteiger partial charge in [-0.15, -0.1) is 24.0 Å². The molecule has 5 nitrogen and oxygen atoms in total. The number of aliphatic imine (C=N–C) groups is 1. The largest absolute Gasteiger partial charge is 0.489 e. The Morgan fingerprint density at radius 3 is 2.57 bits per heavy atom. The van der Waals surface area contributed by atoms with Crippen molar-refractivity contribution in [3.63, 3.8) is 0 Å². The number of halogens is 1. The van der Waals surface area contributed by atoms with E-state index < -0.39 is 0 Å². The van der Waals surface area contributed by atoms with Crippen LogP contribution >= 0.6 is 24.0 Å². The fraction of sp³-hybridized carbons (Fsp3) is 0.273. The molecule has 28 heavy (non-hydrogen) atoms. The molecule has 0 aliphatic carbocycles. The van der Waals surface area contributed by atoms with Gasteiger partial charge >= 0.3 is 0 Å². The lowest BCUT2D eigenvalue weighted by Gasteiger charge is -2.18. The molecule has 2 N–H and O–H groups in total. The number of ether oxygens (including phenoxy) is 1. The average molecular weight is 490 g/mol. The highest BCUT2D eigenvalue weighted by molar-refractivity contribution is 14.0. The van der Waals surface area contributed by atoms with Crippen molar-refractivity contribution < 1.29 is 4.74 Å². The molecule has 0 aliphatic heterocycles. The number of pyridine rings is 1. The standard InChI is InChI=1S/C22H26N4O.HI/c1-16-8-10-19(11-9-16)27-17(2)14-25-22(23-3)26-15-18-12-13-24-21-7-5-4-6-20(18)21;/h4-13,17H,14-15H2,1-3H3,(H2,23,25,26);1H. The van der Waals surface area contributed by atoms with Crippen LogP contribution in [0.2, 0.25) is 0 Å². The van der Waals surface area contributed by atoms with Crippen LogP contribution < -0.4 is 15.4 Å². The van der Waals surface area contributed by atoms with Gasteiger partial charge in [-0.3, -0.25) is 9.98 Å². The zero-order valence-corrected chi connectivity index (χ0v) is 18.8. The van der Waals surface area contributed by atoms with Gasteiger partial charge in [0.2, 0.25) is 0 Å². The summed E-state index contributed by atoms with van der Waals surface area (Å²) < 4.78 is 5.93. The second-order valence-electron chi connectivity index (χ2n) is 6.54. The highest BCUT2D eigenvalue weighted by Crippen LogP contribution is 2.16. The summed E-state index contributed by atoms with van der Waals surface area (Å²) >= 11 is 0. The van der Waals surface area contributed by atoms with Crippen molar-refractivity contribution in [2.45, 2.75) is 26.5 Å². The van der Waals surface area contributed by atoms with Gasteiger partial charge in [-0.05, 0) is 43.7 Å². The molecule has 148 valence electrons.